The van der Waals surface area contributed by atoms with E-state index in [1.165, 1.54) is 5.56 Å². The van der Waals surface area contributed by atoms with Crippen LogP contribution in [0.1, 0.15) is 67.6 Å². The van der Waals surface area contributed by atoms with Gasteiger partial charge in [-0.3, -0.25) is 14.9 Å². The van der Waals surface area contributed by atoms with Crippen molar-refractivity contribution in [1.29, 1.82) is 0 Å². The van der Waals surface area contributed by atoms with Gasteiger partial charge in [0.15, 0.2) is 0 Å². The lowest BCUT2D eigenvalue weighted by molar-refractivity contribution is -0.139. The molecular formula is C30H33N3O4. The monoisotopic (exact) mass is 499 g/mol. The highest BCUT2D eigenvalue weighted by molar-refractivity contribution is 6.09. The van der Waals surface area contributed by atoms with Crippen LogP contribution in [0, 0.1) is 17.8 Å². The predicted octanol–water partition coefficient (Wildman–Crippen LogP) is 3.31. The number of amides is 4. The van der Waals surface area contributed by atoms with E-state index in [9.17, 15) is 19.5 Å². The number of nitrogens with one attached hydrogen (secondary N) is 2. The topological polar surface area (TPSA) is 98.7 Å². The lowest BCUT2D eigenvalue weighted by Gasteiger charge is -2.40. The van der Waals surface area contributed by atoms with Gasteiger partial charge in [-0.05, 0) is 73.8 Å². The lowest BCUT2D eigenvalue weighted by Crippen LogP contribution is -2.57. The minimum atomic E-state index is -1.27. The Morgan fingerprint density at radius 3 is 2.24 bits per heavy atom. The normalized spacial score (nSPS) is 26.1. The van der Waals surface area contributed by atoms with Crippen LogP contribution in [-0.2, 0) is 9.59 Å². The van der Waals surface area contributed by atoms with Crippen molar-refractivity contribution in [2.24, 2.45) is 5.92 Å². The molecule has 5 rings (SSSR count). The fraction of sp³-hybridized carbons (Fsp3) is 0.433. The number of hydrogen-bond donors (Lipinski definition) is 3. The van der Waals surface area contributed by atoms with Crippen molar-refractivity contribution in [3.63, 3.8) is 0 Å². The number of hydrogen-bond acceptors (Lipinski definition) is 4. The van der Waals surface area contributed by atoms with Gasteiger partial charge in [-0.2, -0.15) is 0 Å². The smallest absolute Gasteiger partial charge is 0.322 e. The Balaban J connectivity index is 1.19. The molecule has 7 nitrogen and oxygen atoms in total. The summed E-state index contributed by atoms with van der Waals surface area (Å²) in [6, 6.07) is 17.7. The van der Waals surface area contributed by atoms with E-state index in [1.807, 2.05) is 47.4 Å². The average Bonchev–Trinajstić information content (AvgIpc) is 3.21. The SMILES string of the molecule is O=C1NC(=O)C(CC(=O)N2CCC(c3ccc(C#Cc4ccccc4)cc3)CC2)(C2CCCC(O)C2)N1. The van der Waals surface area contributed by atoms with Crippen LogP contribution in [0.3, 0.4) is 0 Å². The van der Waals surface area contributed by atoms with Crippen LogP contribution in [-0.4, -0.2) is 52.6 Å². The highest BCUT2D eigenvalue weighted by atomic mass is 16.3. The van der Waals surface area contributed by atoms with Gasteiger partial charge in [0.05, 0.1) is 12.5 Å². The average molecular weight is 500 g/mol. The van der Waals surface area contributed by atoms with E-state index in [1.54, 1.807) is 0 Å². The maximum Gasteiger partial charge on any atom is 0.322 e. The zero-order chi connectivity index (χ0) is 25.8. The molecule has 7 heteroatoms. The van der Waals surface area contributed by atoms with Crippen molar-refractivity contribution < 1.29 is 19.5 Å². The van der Waals surface area contributed by atoms with Gasteiger partial charge in [0.2, 0.25) is 5.91 Å². The molecule has 4 amide bonds. The number of imide groups is 1. The van der Waals surface area contributed by atoms with Gasteiger partial charge in [-0.15, -0.1) is 0 Å². The molecule has 2 aliphatic heterocycles. The molecule has 37 heavy (non-hydrogen) atoms. The fourth-order valence-electron chi connectivity index (χ4n) is 5.99. The molecule has 3 aliphatic rings. The van der Waals surface area contributed by atoms with E-state index < -0.39 is 23.6 Å². The molecule has 3 unspecified atom stereocenters. The molecule has 3 atom stereocenters. The van der Waals surface area contributed by atoms with Crippen LogP contribution in [0.4, 0.5) is 4.79 Å². The third-order valence-corrected chi connectivity index (χ3v) is 8.10. The van der Waals surface area contributed by atoms with Gasteiger partial charge in [-0.1, -0.05) is 48.6 Å². The van der Waals surface area contributed by atoms with Crippen LogP contribution in [0.5, 0.6) is 0 Å². The number of nitrogens with zero attached hydrogens (tertiary/aromatic N) is 1. The standard InChI is InChI=1S/C30H33N3O4/c34-26-8-4-7-25(19-26)30(28(36)31-29(37)32-30)20-27(35)33-17-15-24(16-18-33)23-13-11-22(12-14-23)10-9-21-5-2-1-3-6-21/h1-3,5-6,11-14,24-26,34H,4,7-8,15-20H2,(H2,31,32,36,37). The largest absolute Gasteiger partial charge is 0.393 e. The van der Waals surface area contributed by atoms with E-state index in [4.69, 9.17) is 0 Å². The molecule has 2 heterocycles. The summed E-state index contributed by atoms with van der Waals surface area (Å²) in [5.41, 5.74) is 1.92. The summed E-state index contributed by atoms with van der Waals surface area (Å²) >= 11 is 0. The molecule has 0 bridgehead atoms. The molecule has 2 aromatic rings. The Hall–Kier alpha value is -3.63. The van der Waals surface area contributed by atoms with Crippen molar-refractivity contribution in [3.05, 3.63) is 71.3 Å². The molecule has 1 saturated carbocycles. The molecule has 3 N–H and O–H groups in total. The zero-order valence-electron chi connectivity index (χ0n) is 20.9. The second-order valence-corrected chi connectivity index (χ2v) is 10.5. The highest BCUT2D eigenvalue weighted by Crippen LogP contribution is 2.38. The van der Waals surface area contributed by atoms with Crippen molar-refractivity contribution in [2.45, 2.75) is 62.5 Å². The maximum atomic E-state index is 13.3. The van der Waals surface area contributed by atoms with Crippen LogP contribution in [0.25, 0.3) is 0 Å². The van der Waals surface area contributed by atoms with Gasteiger partial charge < -0.3 is 15.3 Å². The second-order valence-electron chi connectivity index (χ2n) is 10.5. The fourth-order valence-corrected chi connectivity index (χ4v) is 5.99. The molecule has 192 valence electrons. The second kappa shape index (κ2) is 10.8. The van der Waals surface area contributed by atoms with Crippen molar-refractivity contribution in [1.82, 2.24) is 15.5 Å². The number of carbonyl (C=O) groups is 3. The number of urea groups is 1. The first kappa shape index (κ1) is 25.0. The number of likely N-dealkylation sites (tertiary alicyclic amines) is 1. The molecular weight excluding hydrogens is 466 g/mol. The lowest BCUT2D eigenvalue weighted by atomic mass is 9.71. The van der Waals surface area contributed by atoms with Crippen molar-refractivity contribution in [2.75, 3.05) is 13.1 Å². The zero-order valence-corrected chi connectivity index (χ0v) is 20.9. The Kier molecular flexibility index (Phi) is 7.29. The third-order valence-electron chi connectivity index (χ3n) is 8.10. The summed E-state index contributed by atoms with van der Waals surface area (Å²) in [5.74, 6) is 5.92. The molecule has 3 fully saturated rings. The number of aliphatic hydroxyl groups excluding tert-OH is 1. The molecule has 1 aliphatic carbocycles. The van der Waals surface area contributed by atoms with Crippen LogP contribution < -0.4 is 10.6 Å². The number of piperidine rings is 1. The predicted molar refractivity (Wildman–Crippen MR) is 139 cm³/mol. The van der Waals surface area contributed by atoms with Crippen LogP contribution >= 0.6 is 0 Å². The van der Waals surface area contributed by atoms with Gasteiger partial charge in [-0.25, -0.2) is 4.79 Å². The minimum Gasteiger partial charge on any atom is -0.393 e. The van der Waals surface area contributed by atoms with Gasteiger partial charge in [0.1, 0.15) is 5.54 Å². The Morgan fingerprint density at radius 2 is 1.62 bits per heavy atom. The quantitative estimate of drug-likeness (QED) is 0.444. The molecule has 0 aromatic heterocycles. The van der Waals surface area contributed by atoms with Crippen LogP contribution in [0.2, 0.25) is 0 Å². The maximum absolute atomic E-state index is 13.3. The first-order chi connectivity index (χ1) is 17.9. The number of carbonyl (C=O) groups excluding carboxylic acids is 3. The van der Waals surface area contributed by atoms with E-state index in [0.29, 0.717) is 38.3 Å². The van der Waals surface area contributed by atoms with E-state index in [-0.39, 0.29) is 18.2 Å². The summed E-state index contributed by atoms with van der Waals surface area (Å²) < 4.78 is 0. The van der Waals surface area contributed by atoms with Gasteiger partial charge in [0.25, 0.3) is 5.91 Å². The summed E-state index contributed by atoms with van der Waals surface area (Å²) in [4.78, 5) is 40.1. The van der Waals surface area contributed by atoms with E-state index in [0.717, 1.165) is 30.4 Å². The number of rotatable bonds is 4. The Bertz CT molecular complexity index is 1210. The minimum absolute atomic E-state index is 0.0680. The Labute approximate surface area is 217 Å². The first-order valence-electron chi connectivity index (χ1n) is 13.2. The molecule has 0 radical (unpaired) electrons. The highest BCUT2D eigenvalue weighted by Gasteiger charge is 2.54. The first-order valence-corrected chi connectivity index (χ1v) is 13.2. The van der Waals surface area contributed by atoms with Gasteiger partial charge >= 0.3 is 6.03 Å². The number of benzene rings is 2. The van der Waals surface area contributed by atoms with E-state index >= 15 is 0 Å². The summed E-state index contributed by atoms with van der Waals surface area (Å²) in [6.45, 7) is 1.22. The third kappa shape index (κ3) is 5.55. The summed E-state index contributed by atoms with van der Waals surface area (Å²) in [6.07, 6.45) is 3.67. The summed E-state index contributed by atoms with van der Waals surface area (Å²) in [7, 11) is 0. The molecule has 2 aromatic carbocycles. The molecule has 0 spiro atoms. The summed E-state index contributed by atoms with van der Waals surface area (Å²) in [5, 5.41) is 15.3. The number of aliphatic hydroxyl groups is 1. The van der Waals surface area contributed by atoms with Crippen molar-refractivity contribution >= 4 is 17.8 Å². The Morgan fingerprint density at radius 1 is 0.946 bits per heavy atom. The molecule has 2 saturated heterocycles. The van der Waals surface area contributed by atoms with Crippen molar-refractivity contribution in [3.8, 4) is 11.8 Å². The van der Waals surface area contributed by atoms with Crippen LogP contribution in [0.15, 0.2) is 54.6 Å². The van der Waals surface area contributed by atoms with Gasteiger partial charge in [0, 0.05) is 24.2 Å². The van der Waals surface area contributed by atoms with E-state index in [2.05, 4.69) is 34.6 Å².